The second-order valence-corrected chi connectivity index (χ2v) is 8.12. The molecule has 1 aliphatic heterocycles. The van der Waals surface area contributed by atoms with Crippen molar-refractivity contribution >= 4 is 34.3 Å². The second kappa shape index (κ2) is 9.34. The van der Waals surface area contributed by atoms with Crippen LogP contribution in [0.4, 0.5) is 11.4 Å². The number of carbonyl (C=O) groups is 2. The number of likely N-dealkylation sites (tertiary alicyclic amines) is 1. The minimum atomic E-state index is -0.392. The van der Waals surface area contributed by atoms with E-state index in [2.05, 4.69) is 22.2 Å². The minimum absolute atomic E-state index is 0.0137. The van der Waals surface area contributed by atoms with E-state index in [1.165, 1.54) is 7.11 Å². The van der Waals surface area contributed by atoms with E-state index in [-0.39, 0.29) is 11.9 Å². The van der Waals surface area contributed by atoms with Crippen molar-refractivity contribution in [1.82, 2.24) is 14.9 Å². The van der Waals surface area contributed by atoms with Crippen LogP contribution < -0.4 is 5.32 Å². The molecule has 7 heteroatoms. The lowest BCUT2D eigenvalue weighted by atomic mass is 9.98. The van der Waals surface area contributed by atoms with Crippen LogP contribution in [0.5, 0.6) is 0 Å². The first kappa shape index (κ1) is 21.7. The van der Waals surface area contributed by atoms with E-state index < -0.39 is 5.97 Å². The summed E-state index contributed by atoms with van der Waals surface area (Å²) in [6.07, 6.45) is 5.76. The number of methoxy groups -OCH3 is 1. The highest BCUT2D eigenvalue weighted by atomic mass is 16.5. The van der Waals surface area contributed by atoms with Gasteiger partial charge in [-0.15, -0.1) is 0 Å². The molecule has 1 atom stereocenters. The van der Waals surface area contributed by atoms with Crippen LogP contribution >= 0.6 is 0 Å². The summed E-state index contributed by atoms with van der Waals surface area (Å²) in [5.74, 6) is -0.405. The van der Waals surface area contributed by atoms with E-state index >= 15 is 0 Å². The zero-order valence-corrected chi connectivity index (χ0v) is 18.7. The summed E-state index contributed by atoms with van der Waals surface area (Å²) in [5, 5.41) is 4.17. The van der Waals surface area contributed by atoms with Gasteiger partial charge in [0.1, 0.15) is 0 Å². The van der Waals surface area contributed by atoms with Gasteiger partial charge in [0.25, 0.3) is 5.91 Å². The highest BCUT2D eigenvalue weighted by molar-refractivity contribution is 6.07. The first-order valence-corrected chi connectivity index (χ1v) is 11.0. The number of aryl methyl sites for hydroxylation is 1. The molecule has 3 aromatic rings. The van der Waals surface area contributed by atoms with Crippen molar-refractivity contribution in [3.63, 3.8) is 0 Å². The number of pyridine rings is 2. The summed E-state index contributed by atoms with van der Waals surface area (Å²) in [7, 11) is 1.36. The first-order chi connectivity index (χ1) is 15.5. The number of aromatic nitrogens is 2. The molecule has 2 aromatic heterocycles. The molecule has 1 aliphatic rings. The third-order valence-electron chi connectivity index (χ3n) is 6.03. The molecule has 1 saturated heterocycles. The van der Waals surface area contributed by atoms with Gasteiger partial charge in [-0.05, 0) is 69.0 Å². The molecule has 32 heavy (non-hydrogen) atoms. The quantitative estimate of drug-likeness (QED) is 0.579. The molecule has 4 rings (SSSR count). The SMILES string of the molecule is CC[C@H]1CCCCN1C(=O)c1cnc2nc(C)ccc2c1Nc1ccc(C(=O)OC)cc1. The van der Waals surface area contributed by atoms with E-state index in [0.29, 0.717) is 22.5 Å². The molecular weight excluding hydrogens is 404 g/mol. The lowest BCUT2D eigenvalue weighted by Crippen LogP contribution is -2.43. The van der Waals surface area contributed by atoms with Gasteiger partial charge in [-0.1, -0.05) is 6.92 Å². The maximum absolute atomic E-state index is 13.6. The summed E-state index contributed by atoms with van der Waals surface area (Å²) in [5.41, 5.74) is 3.87. The molecule has 1 aromatic carbocycles. The molecule has 1 fully saturated rings. The van der Waals surface area contributed by atoms with Crippen molar-refractivity contribution in [2.24, 2.45) is 0 Å². The topological polar surface area (TPSA) is 84.4 Å². The molecule has 3 heterocycles. The Bertz CT molecular complexity index is 1140. The van der Waals surface area contributed by atoms with Gasteiger partial charge >= 0.3 is 5.97 Å². The number of hydrogen-bond acceptors (Lipinski definition) is 6. The Kier molecular flexibility index (Phi) is 6.35. The van der Waals surface area contributed by atoms with Crippen LogP contribution in [0.15, 0.2) is 42.6 Å². The number of esters is 1. The number of fused-ring (bicyclic) bond motifs is 1. The van der Waals surface area contributed by atoms with Crippen LogP contribution in [-0.4, -0.2) is 46.4 Å². The maximum atomic E-state index is 13.6. The van der Waals surface area contributed by atoms with Crippen molar-refractivity contribution in [3.05, 3.63) is 59.4 Å². The van der Waals surface area contributed by atoms with E-state index in [4.69, 9.17) is 4.74 Å². The first-order valence-electron chi connectivity index (χ1n) is 11.0. The predicted molar refractivity (Wildman–Crippen MR) is 124 cm³/mol. The number of nitrogens with one attached hydrogen (secondary N) is 1. The average molecular weight is 433 g/mol. The van der Waals surface area contributed by atoms with Gasteiger partial charge in [-0.3, -0.25) is 4.79 Å². The van der Waals surface area contributed by atoms with Gasteiger partial charge in [0.05, 0.1) is 23.9 Å². The Hall–Kier alpha value is -3.48. The van der Waals surface area contributed by atoms with Crippen molar-refractivity contribution in [2.45, 2.75) is 45.6 Å². The fraction of sp³-hybridized carbons (Fsp3) is 0.360. The molecule has 1 N–H and O–H groups in total. The molecule has 0 unspecified atom stereocenters. The van der Waals surface area contributed by atoms with Crippen LogP contribution in [0.2, 0.25) is 0 Å². The van der Waals surface area contributed by atoms with Gasteiger partial charge in [-0.2, -0.15) is 0 Å². The molecule has 166 valence electrons. The third-order valence-corrected chi connectivity index (χ3v) is 6.03. The van der Waals surface area contributed by atoms with E-state index in [1.807, 2.05) is 24.0 Å². The number of amides is 1. The van der Waals surface area contributed by atoms with Crippen LogP contribution in [0.3, 0.4) is 0 Å². The smallest absolute Gasteiger partial charge is 0.337 e. The Balaban J connectivity index is 1.76. The number of nitrogens with zero attached hydrogens (tertiary/aromatic N) is 3. The monoisotopic (exact) mass is 432 g/mol. The van der Waals surface area contributed by atoms with Gasteiger partial charge in [0, 0.05) is 35.6 Å². The molecule has 0 spiro atoms. The highest BCUT2D eigenvalue weighted by Gasteiger charge is 2.28. The normalized spacial score (nSPS) is 16.1. The Morgan fingerprint density at radius 3 is 2.66 bits per heavy atom. The van der Waals surface area contributed by atoms with E-state index in [0.717, 1.165) is 49.0 Å². The number of ether oxygens (including phenoxy) is 1. The van der Waals surface area contributed by atoms with Crippen LogP contribution in [-0.2, 0) is 4.74 Å². The van der Waals surface area contributed by atoms with Crippen LogP contribution in [0.25, 0.3) is 11.0 Å². The Morgan fingerprint density at radius 1 is 1.16 bits per heavy atom. The Morgan fingerprint density at radius 2 is 1.94 bits per heavy atom. The fourth-order valence-corrected chi connectivity index (χ4v) is 4.27. The summed E-state index contributed by atoms with van der Waals surface area (Å²) >= 11 is 0. The van der Waals surface area contributed by atoms with Crippen LogP contribution in [0.1, 0.15) is 59.0 Å². The fourth-order valence-electron chi connectivity index (χ4n) is 4.27. The molecule has 0 aliphatic carbocycles. The van der Waals surface area contributed by atoms with Gasteiger partial charge < -0.3 is 15.0 Å². The molecule has 0 saturated carbocycles. The van der Waals surface area contributed by atoms with Crippen molar-refractivity contribution in [2.75, 3.05) is 19.0 Å². The standard InChI is InChI=1S/C25H28N4O3/c1-4-19-7-5-6-14-29(19)24(30)21-15-26-23-20(13-8-16(2)27-23)22(21)28-18-11-9-17(10-12-18)25(31)32-3/h8-13,15,19H,4-7,14H2,1-3H3,(H,26,27,28)/t19-/m0/s1. The number of piperidine rings is 1. The van der Waals surface area contributed by atoms with Crippen molar-refractivity contribution in [1.29, 1.82) is 0 Å². The lowest BCUT2D eigenvalue weighted by Gasteiger charge is -2.35. The van der Waals surface area contributed by atoms with Gasteiger partial charge in [-0.25, -0.2) is 14.8 Å². The number of anilines is 2. The lowest BCUT2D eigenvalue weighted by molar-refractivity contribution is 0.0596. The number of hydrogen-bond donors (Lipinski definition) is 1. The largest absolute Gasteiger partial charge is 0.465 e. The van der Waals surface area contributed by atoms with Crippen LogP contribution in [0, 0.1) is 6.92 Å². The van der Waals surface area contributed by atoms with E-state index in [1.54, 1.807) is 30.5 Å². The summed E-state index contributed by atoms with van der Waals surface area (Å²) < 4.78 is 4.78. The van der Waals surface area contributed by atoms with Crippen molar-refractivity contribution in [3.8, 4) is 0 Å². The number of carbonyl (C=O) groups excluding carboxylic acids is 2. The zero-order chi connectivity index (χ0) is 22.7. The maximum Gasteiger partial charge on any atom is 0.337 e. The predicted octanol–water partition coefficient (Wildman–Crippen LogP) is 4.87. The third kappa shape index (κ3) is 4.28. The molecular formula is C25H28N4O3. The minimum Gasteiger partial charge on any atom is -0.465 e. The molecule has 0 radical (unpaired) electrons. The molecule has 7 nitrogen and oxygen atoms in total. The van der Waals surface area contributed by atoms with Gasteiger partial charge in [0.15, 0.2) is 5.65 Å². The zero-order valence-electron chi connectivity index (χ0n) is 18.7. The van der Waals surface area contributed by atoms with Crippen molar-refractivity contribution < 1.29 is 14.3 Å². The molecule has 1 amide bonds. The summed E-state index contributed by atoms with van der Waals surface area (Å²) in [4.78, 5) is 36.4. The number of benzene rings is 1. The van der Waals surface area contributed by atoms with Gasteiger partial charge in [0.2, 0.25) is 0 Å². The number of rotatable bonds is 5. The average Bonchev–Trinajstić information content (AvgIpc) is 2.83. The summed E-state index contributed by atoms with van der Waals surface area (Å²) in [6.45, 7) is 4.80. The highest BCUT2D eigenvalue weighted by Crippen LogP contribution is 2.31. The second-order valence-electron chi connectivity index (χ2n) is 8.12. The summed E-state index contributed by atoms with van der Waals surface area (Å²) in [6, 6.07) is 11.1. The van der Waals surface area contributed by atoms with E-state index in [9.17, 15) is 9.59 Å². The Labute approximate surface area is 187 Å². The molecule has 0 bridgehead atoms.